The number of benzene rings is 1. The van der Waals surface area contributed by atoms with Crippen molar-refractivity contribution in [1.82, 2.24) is 0 Å². The summed E-state index contributed by atoms with van der Waals surface area (Å²) in [6.45, 7) is 0. The van der Waals surface area contributed by atoms with Crippen molar-refractivity contribution in [3.63, 3.8) is 0 Å². The van der Waals surface area contributed by atoms with Crippen LogP contribution in [0.5, 0.6) is 0 Å². The Hall–Kier alpha value is -0.540. The maximum Gasteiger partial charge on any atom is 0.217 e. The summed E-state index contributed by atoms with van der Waals surface area (Å²) in [7, 11) is 0. The summed E-state index contributed by atoms with van der Waals surface area (Å²) >= 11 is -2.33. The van der Waals surface area contributed by atoms with Crippen molar-refractivity contribution in [3.05, 3.63) is 30.3 Å². The van der Waals surface area contributed by atoms with E-state index in [1.165, 1.54) is 12.1 Å². The molecule has 48 valence electrons. The Bertz CT molecular complexity index is 176. The molecule has 0 spiro atoms. The maximum absolute atomic E-state index is 11.9. The Labute approximate surface area is 56.0 Å². The molecule has 1 atom stereocenters. The van der Waals surface area contributed by atoms with Gasteiger partial charge in [-0.05, 0) is 12.1 Å². The van der Waals surface area contributed by atoms with Crippen molar-refractivity contribution < 1.29 is 8.44 Å². The first-order valence-corrected chi connectivity index (χ1v) is 3.49. The quantitative estimate of drug-likeness (QED) is 0.550. The highest BCUT2D eigenvalue weighted by molar-refractivity contribution is 7.86. The summed E-state index contributed by atoms with van der Waals surface area (Å²) < 4.78 is 22.0. The zero-order valence-electron chi connectivity index (χ0n) is 4.58. The molecule has 0 aliphatic rings. The molecule has 0 radical (unpaired) electrons. The molecule has 0 heterocycles. The Morgan fingerprint density at radius 3 is 2.11 bits per heavy atom. The molecule has 1 unspecified atom stereocenters. The summed E-state index contributed by atoms with van der Waals surface area (Å²) in [6.07, 6.45) is 0. The third-order valence-corrected chi connectivity index (χ3v) is 1.57. The zero-order chi connectivity index (χ0) is 6.69. The molecule has 1 aromatic carbocycles. The van der Waals surface area contributed by atoms with Crippen LogP contribution in [0.2, 0.25) is 0 Å². The molecule has 1 rings (SSSR count). The molecular weight excluding hydrogens is 139 g/mol. The molecule has 0 aliphatic carbocycles. The van der Waals surface area contributed by atoms with Crippen molar-refractivity contribution in [1.29, 1.82) is 0 Å². The van der Waals surface area contributed by atoms with Gasteiger partial charge in [0.1, 0.15) is 0 Å². The molecule has 0 saturated carbocycles. The van der Waals surface area contributed by atoms with Crippen LogP contribution >= 0.6 is 0 Å². The van der Waals surface area contributed by atoms with E-state index in [0.29, 0.717) is 0 Å². The van der Waals surface area contributed by atoms with Gasteiger partial charge < -0.3 is 4.55 Å². The van der Waals surface area contributed by atoms with E-state index >= 15 is 0 Å². The summed E-state index contributed by atoms with van der Waals surface area (Å²) in [5.41, 5.74) is 0. The molecule has 0 N–H and O–H groups in total. The van der Waals surface area contributed by atoms with Gasteiger partial charge in [0.05, 0.1) is 0 Å². The maximum atomic E-state index is 11.9. The van der Waals surface area contributed by atoms with Crippen molar-refractivity contribution in [3.8, 4) is 0 Å². The Morgan fingerprint density at radius 2 is 1.78 bits per heavy atom. The number of hydrogen-bond acceptors (Lipinski definition) is 1. The van der Waals surface area contributed by atoms with Crippen LogP contribution in [0.15, 0.2) is 35.2 Å². The number of halogens is 1. The highest BCUT2D eigenvalue weighted by atomic mass is 32.3. The van der Waals surface area contributed by atoms with E-state index in [4.69, 9.17) is 0 Å². The van der Waals surface area contributed by atoms with Crippen LogP contribution < -0.4 is 0 Å². The fourth-order valence-electron chi connectivity index (χ4n) is 0.527. The van der Waals surface area contributed by atoms with Crippen molar-refractivity contribution in [2.75, 3.05) is 0 Å². The lowest BCUT2D eigenvalue weighted by molar-refractivity contribution is 0.551. The highest BCUT2D eigenvalue weighted by Crippen LogP contribution is 2.09. The van der Waals surface area contributed by atoms with Gasteiger partial charge in [0.15, 0.2) is 4.90 Å². The lowest BCUT2D eigenvalue weighted by Crippen LogP contribution is -1.89. The molecule has 0 bridgehead atoms. The standard InChI is InChI=1S/C6H5FOS/c7-9(8)6-4-2-1-3-5-6/h1-5H. The van der Waals surface area contributed by atoms with Crippen LogP contribution in [0.3, 0.4) is 0 Å². The van der Waals surface area contributed by atoms with Crippen molar-refractivity contribution >= 4 is 11.6 Å². The first-order chi connectivity index (χ1) is 4.30. The van der Waals surface area contributed by atoms with E-state index < -0.39 is 11.6 Å². The second kappa shape index (κ2) is 2.85. The van der Waals surface area contributed by atoms with Crippen LogP contribution in [0, 0.1) is 0 Å². The van der Waals surface area contributed by atoms with Gasteiger partial charge in [0, 0.05) is 3.89 Å². The SMILES string of the molecule is [O-][S+](F)c1ccccc1. The van der Waals surface area contributed by atoms with Crippen LogP contribution in [0.25, 0.3) is 0 Å². The van der Waals surface area contributed by atoms with Crippen LogP contribution in [-0.4, -0.2) is 4.55 Å². The predicted octanol–water partition coefficient (Wildman–Crippen LogP) is 1.68. The average Bonchev–Trinajstić information content (AvgIpc) is 1.90. The van der Waals surface area contributed by atoms with Gasteiger partial charge in [0.25, 0.3) is 0 Å². The van der Waals surface area contributed by atoms with Gasteiger partial charge in [-0.2, -0.15) is 0 Å². The van der Waals surface area contributed by atoms with Gasteiger partial charge in [0.2, 0.25) is 11.6 Å². The number of rotatable bonds is 1. The van der Waals surface area contributed by atoms with Gasteiger partial charge in [-0.15, -0.1) is 0 Å². The van der Waals surface area contributed by atoms with Gasteiger partial charge >= 0.3 is 0 Å². The fourth-order valence-corrected chi connectivity index (χ4v) is 0.899. The minimum atomic E-state index is -2.33. The summed E-state index contributed by atoms with van der Waals surface area (Å²) in [4.78, 5) is 0.220. The molecule has 0 amide bonds. The second-order valence-corrected chi connectivity index (χ2v) is 2.45. The molecule has 1 nitrogen and oxygen atoms in total. The zero-order valence-corrected chi connectivity index (χ0v) is 5.40. The summed E-state index contributed by atoms with van der Waals surface area (Å²) in [6, 6.07) is 8.00. The summed E-state index contributed by atoms with van der Waals surface area (Å²) in [5, 5.41) is 0. The third kappa shape index (κ3) is 1.69. The first kappa shape index (κ1) is 6.58. The molecular formula is C6H5FOS. The van der Waals surface area contributed by atoms with Crippen molar-refractivity contribution in [2.45, 2.75) is 4.90 Å². The molecule has 0 aliphatic heterocycles. The lowest BCUT2D eigenvalue weighted by atomic mass is 10.4. The van der Waals surface area contributed by atoms with E-state index in [0.717, 1.165) is 0 Å². The monoisotopic (exact) mass is 144 g/mol. The molecule has 3 heteroatoms. The third-order valence-electron chi connectivity index (χ3n) is 0.929. The Morgan fingerprint density at radius 1 is 1.22 bits per heavy atom. The predicted molar refractivity (Wildman–Crippen MR) is 34.0 cm³/mol. The van der Waals surface area contributed by atoms with Crippen LogP contribution in [-0.2, 0) is 11.6 Å². The largest absolute Gasteiger partial charge is 0.575 e. The minimum absolute atomic E-state index is 0.220. The van der Waals surface area contributed by atoms with E-state index in [2.05, 4.69) is 0 Å². The van der Waals surface area contributed by atoms with E-state index in [-0.39, 0.29) is 4.90 Å². The van der Waals surface area contributed by atoms with Crippen molar-refractivity contribution in [2.24, 2.45) is 0 Å². The first-order valence-electron chi connectivity index (χ1n) is 2.44. The highest BCUT2D eigenvalue weighted by Gasteiger charge is 2.06. The average molecular weight is 144 g/mol. The molecule has 1 aromatic rings. The van der Waals surface area contributed by atoms with Crippen LogP contribution in [0.4, 0.5) is 3.89 Å². The van der Waals surface area contributed by atoms with E-state index in [1.54, 1.807) is 18.2 Å². The normalized spacial score (nSPS) is 13.1. The van der Waals surface area contributed by atoms with E-state index in [1.807, 2.05) is 0 Å². The molecule has 0 aromatic heterocycles. The molecule has 9 heavy (non-hydrogen) atoms. The minimum Gasteiger partial charge on any atom is -0.575 e. The fraction of sp³-hybridized carbons (Fsp3) is 0. The lowest BCUT2D eigenvalue weighted by Gasteiger charge is -1.92. The smallest absolute Gasteiger partial charge is 0.217 e. The molecule has 0 fully saturated rings. The van der Waals surface area contributed by atoms with Gasteiger partial charge in [-0.1, -0.05) is 18.2 Å². The topological polar surface area (TPSA) is 23.1 Å². The van der Waals surface area contributed by atoms with Gasteiger partial charge in [-0.3, -0.25) is 0 Å². The second-order valence-electron chi connectivity index (χ2n) is 1.54. The Balaban J connectivity index is 2.85. The van der Waals surface area contributed by atoms with Gasteiger partial charge in [-0.25, -0.2) is 0 Å². The summed E-state index contributed by atoms with van der Waals surface area (Å²) in [5.74, 6) is 0. The van der Waals surface area contributed by atoms with Crippen LogP contribution in [0.1, 0.15) is 0 Å². The molecule has 0 saturated heterocycles. The number of hydrogen-bond donors (Lipinski definition) is 0. The van der Waals surface area contributed by atoms with E-state index in [9.17, 15) is 8.44 Å². The Kier molecular flexibility index (Phi) is 2.08.